The van der Waals surface area contributed by atoms with E-state index in [2.05, 4.69) is 36.5 Å². The van der Waals surface area contributed by atoms with E-state index in [0.717, 1.165) is 65.2 Å². The number of benzene rings is 3. The Morgan fingerprint density at radius 3 is 1.93 bits per heavy atom. The molecule has 1 heterocycles. The first-order chi connectivity index (χ1) is 40.1. The highest BCUT2D eigenvalue weighted by atomic mass is 16.6. The maximum Gasteiger partial charge on any atom is 0.410 e. The summed E-state index contributed by atoms with van der Waals surface area (Å²) >= 11 is 0. The Morgan fingerprint density at radius 2 is 1.35 bits per heavy atom. The van der Waals surface area contributed by atoms with E-state index in [9.17, 15) is 34.2 Å². The van der Waals surface area contributed by atoms with Crippen LogP contribution in [0, 0.1) is 16.7 Å². The maximum atomic E-state index is 15.9. The molecule has 3 aromatic carbocycles. The van der Waals surface area contributed by atoms with Crippen molar-refractivity contribution in [2.24, 2.45) is 16.7 Å². The number of nitrogens with one attached hydrogen (secondary N) is 1. The minimum absolute atomic E-state index is 0.0195. The van der Waals surface area contributed by atoms with Crippen LogP contribution in [0.15, 0.2) is 126 Å². The quantitative estimate of drug-likeness (QED) is 0.0294. The fourth-order valence-electron chi connectivity index (χ4n) is 12.9. The Bertz CT molecular complexity index is 2870. The molecule has 2 bridgehead atoms. The third-order valence-corrected chi connectivity index (χ3v) is 17.7. The highest BCUT2D eigenvalue weighted by molar-refractivity contribution is 5.96. The van der Waals surface area contributed by atoms with Gasteiger partial charge in [0.05, 0.1) is 29.6 Å². The van der Waals surface area contributed by atoms with Gasteiger partial charge < -0.3 is 48.9 Å². The van der Waals surface area contributed by atoms with Crippen LogP contribution in [0.3, 0.4) is 0 Å². The molecule has 3 fully saturated rings. The predicted molar refractivity (Wildman–Crippen MR) is 314 cm³/mol. The van der Waals surface area contributed by atoms with Crippen LogP contribution >= 0.6 is 0 Å². The third kappa shape index (κ3) is 14.2. The van der Waals surface area contributed by atoms with Gasteiger partial charge in [-0.1, -0.05) is 150 Å². The summed E-state index contributed by atoms with van der Waals surface area (Å²) in [5.41, 5.74) is -7.29. The number of rotatable bonds is 26. The summed E-state index contributed by atoms with van der Waals surface area (Å²) in [5.74, 6) is -6.89. The molecular formula is C67H86N2O15. The number of unbranched alkanes of at least 4 members (excludes halogenated alkanes) is 9. The van der Waals surface area contributed by atoms with Gasteiger partial charge in [0.25, 0.3) is 5.91 Å². The van der Waals surface area contributed by atoms with Crippen LogP contribution in [0.25, 0.3) is 0 Å². The van der Waals surface area contributed by atoms with Crippen molar-refractivity contribution in [1.29, 1.82) is 0 Å². The molecule has 0 spiro atoms. The second kappa shape index (κ2) is 28.8. The van der Waals surface area contributed by atoms with Gasteiger partial charge in [0, 0.05) is 51.3 Å². The largest absolute Gasteiger partial charge is 0.455 e. The molecule has 454 valence electrons. The molecule has 3 aliphatic carbocycles. The monoisotopic (exact) mass is 1160 g/mol. The first kappa shape index (κ1) is 64.6. The van der Waals surface area contributed by atoms with Crippen molar-refractivity contribution < 1.29 is 72.2 Å². The van der Waals surface area contributed by atoms with Gasteiger partial charge in [-0.25, -0.2) is 14.4 Å². The summed E-state index contributed by atoms with van der Waals surface area (Å²) in [6.45, 7) is 10.5. The number of allylic oxidation sites excluding steroid dienone is 4. The molecule has 1 aliphatic heterocycles. The maximum absolute atomic E-state index is 15.9. The van der Waals surface area contributed by atoms with Crippen LogP contribution in [0.2, 0.25) is 0 Å². The zero-order valence-corrected chi connectivity index (χ0v) is 50.1. The van der Waals surface area contributed by atoms with Crippen molar-refractivity contribution in [3.05, 3.63) is 143 Å². The van der Waals surface area contributed by atoms with Crippen molar-refractivity contribution in [2.75, 3.05) is 20.2 Å². The Morgan fingerprint density at radius 1 is 0.762 bits per heavy atom. The van der Waals surface area contributed by atoms with E-state index >= 15 is 9.59 Å². The average molecular weight is 1160 g/mol. The first-order valence-electron chi connectivity index (χ1n) is 29.9. The molecule has 7 rings (SSSR count). The predicted octanol–water partition coefficient (Wildman–Crippen LogP) is 10.6. The van der Waals surface area contributed by atoms with E-state index in [-0.39, 0.29) is 41.8 Å². The van der Waals surface area contributed by atoms with Crippen LogP contribution in [0.4, 0.5) is 4.79 Å². The number of Topliss-reactive ketones (excluding diaryl/α,β-unsaturated/α-hetero) is 1. The molecule has 17 heteroatoms. The number of aliphatic hydroxyl groups is 2. The number of hydrogen-bond acceptors (Lipinski definition) is 15. The molecule has 3 N–H and O–H groups in total. The molecule has 0 radical (unpaired) electrons. The van der Waals surface area contributed by atoms with E-state index in [4.69, 9.17) is 28.4 Å². The summed E-state index contributed by atoms with van der Waals surface area (Å²) in [7, 11) is 1.55. The molecule has 11 atom stereocenters. The topological polar surface area (TPSA) is 231 Å². The van der Waals surface area contributed by atoms with Gasteiger partial charge >= 0.3 is 30.0 Å². The van der Waals surface area contributed by atoms with Crippen LogP contribution < -0.4 is 5.32 Å². The van der Waals surface area contributed by atoms with Gasteiger partial charge in [-0.2, -0.15) is 0 Å². The first-order valence-corrected chi connectivity index (χ1v) is 29.9. The van der Waals surface area contributed by atoms with Gasteiger partial charge in [-0.05, 0) is 93.3 Å². The molecule has 1 saturated heterocycles. The highest BCUT2D eigenvalue weighted by Gasteiger charge is 2.78. The van der Waals surface area contributed by atoms with Gasteiger partial charge in [-0.15, -0.1) is 0 Å². The van der Waals surface area contributed by atoms with Gasteiger partial charge in [0.2, 0.25) is 6.10 Å². The van der Waals surface area contributed by atoms with E-state index in [1.807, 2.05) is 0 Å². The van der Waals surface area contributed by atoms with E-state index < -0.39 is 119 Å². The Hall–Kier alpha value is -6.95. The summed E-state index contributed by atoms with van der Waals surface area (Å²) in [6.07, 6.45) is 9.83. The smallest absolute Gasteiger partial charge is 0.410 e. The number of esters is 4. The number of carbonyl (C=O) groups excluding carboxylic acids is 7. The van der Waals surface area contributed by atoms with Crippen molar-refractivity contribution in [1.82, 2.24) is 10.2 Å². The number of ketones is 1. The lowest BCUT2D eigenvalue weighted by molar-refractivity contribution is -0.346. The van der Waals surface area contributed by atoms with Crippen molar-refractivity contribution in [3.8, 4) is 0 Å². The number of aliphatic hydroxyl groups excluding tert-OH is 1. The van der Waals surface area contributed by atoms with E-state index in [1.165, 1.54) is 43.2 Å². The van der Waals surface area contributed by atoms with E-state index in [1.54, 1.807) is 107 Å². The second-order valence-electron chi connectivity index (χ2n) is 23.7. The van der Waals surface area contributed by atoms with Gasteiger partial charge in [0.15, 0.2) is 17.5 Å². The van der Waals surface area contributed by atoms with Crippen LogP contribution in [0.1, 0.15) is 171 Å². The molecule has 17 nitrogen and oxygen atoms in total. The lowest BCUT2D eigenvalue weighted by Crippen LogP contribution is -2.82. The van der Waals surface area contributed by atoms with Gasteiger partial charge in [0.1, 0.15) is 30.0 Å². The molecule has 4 aliphatic rings. The Balaban J connectivity index is 1.22. The molecule has 84 heavy (non-hydrogen) atoms. The molecule has 0 aromatic heterocycles. The number of carbonyl (C=O) groups is 7. The average Bonchev–Trinajstić information content (AvgIpc) is 1.24. The van der Waals surface area contributed by atoms with Crippen molar-refractivity contribution in [2.45, 2.75) is 192 Å². The normalized spacial score (nSPS) is 26.7. The number of nitrogens with zero attached hydrogens (tertiary/aromatic N) is 1. The van der Waals surface area contributed by atoms with Crippen LogP contribution in [0.5, 0.6) is 0 Å². The van der Waals surface area contributed by atoms with Crippen molar-refractivity contribution in [3.63, 3.8) is 0 Å². The van der Waals surface area contributed by atoms with E-state index in [0.29, 0.717) is 12.0 Å². The highest BCUT2D eigenvalue weighted by Crippen LogP contribution is 2.64. The summed E-state index contributed by atoms with van der Waals surface area (Å²) in [5, 5.41) is 29.3. The SMILES string of the molecule is CCCCC/C=C\C/C=C\CCCCCCCCN(C)C(=O)O[C@@H](C(=O)O[C@H]1C[C@@]2(O)[C@@H](OC(=O)c3ccccc3)[C@@H]3[C@]4(OC(C)=O)CO[C@@H]4C[C@H](O)[C@@]3(C)C(=O)[C@@H](OC(C)=O)C(=C1C)C2(C)C)[C@@H](NC(=O)c1ccccc1)c1ccccc1. The number of fused-ring (bicyclic) bond motifs is 5. The summed E-state index contributed by atoms with van der Waals surface area (Å²) in [6, 6.07) is 23.2. The van der Waals surface area contributed by atoms with Crippen LogP contribution in [-0.4, -0.2) is 125 Å². The molecular weight excluding hydrogens is 1070 g/mol. The van der Waals surface area contributed by atoms with Gasteiger partial charge in [-0.3, -0.25) is 19.2 Å². The summed E-state index contributed by atoms with van der Waals surface area (Å²) in [4.78, 5) is 103. The molecule has 3 aromatic rings. The zero-order valence-electron chi connectivity index (χ0n) is 50.1. The molecule has 2 saturated carbocycles. The number of amides is 2. The Labute approximate surface area is 494 Å². The number of ether oxygens (including phenoxy) is 6. The Kier molecular flexibility index (Phi) is 22.1. The third-order valence-electron chi connectivity index (χ3n) is 17.7. The fraction of sp³-hybridized carbons (Fsp3) is 0.537. The minimum Gasteiger partial charge on any atom is -0.455 e. The number of hydrogen-bond donors (Lipinski definition) is 3. The fourth-order valence-corrected chi connectivity index (χ4v) is 12.9. The molecule has 2 amide bonds. The summed E-state index contributed by atoms with van der Waals surface area (Å²) < 4.78 is 37.4. The molecule has 0 unspecified atom stereocenters. The lowest BCUT2D eigenvalue weighted by Gasteiger charge is -2.67. The van der Waals surface area contributed by atoms with Crippen LogP contribution in [-0.2, 0) is 47.6 Å². The lowest BCUT2D eigenvalue weighted by atomic mass is 9.44. The standard InChI is InChI=1S/C67H86N2O15/c1-9-10-11-12-13-14-15-16-17-18-19-20-21-22-23-33-40-69(8)63(77)82-56(54(47-34-27-24-28-35-47)68-60(74)48-36-29-25-30-37-48)62(76)81-50-42-67(78)59(83-61(75)49-38-31-26-32-39-49)57-65(7,51(72)41-52-66(57,43-79-52)84-46(4)71)58(73)55(80-45(3)70)53(44(50)2)64(67,5)6/h13-14,16-17,24-32,34-39,50-52,54-57,59,72,78H,9-12,15,18-23,33,40-43H2,1-8H3,(H,68,74)/b14-13-,17-16-/t50-,51-,52+,54-,55-,56+,57-,59-,65+,66-,67+/m0/s1. The zero-order chi connectivity index (χ0) is 60.8. The minimum atomic E-state index is -2.46. The second-order valence-corrected chi connectivity index (χ2v) is 23.7. The van der Waals surface area contributed by atoms with Crippen molar-refractivity contribution >= 4 is 41.7 Å².